The number of benzene rings is 1. The van der Waals surface area contributed by atoms with Crippen molar-refractivity contribution in [1.29, 1.82) is 0 Å². The van der Waals surface area contributed by atoms with E-state index >= 15 is 0 Å². The van der Waals surface area contributed by atoms with Crippen molar-refractivity contribution in [2.45, 2.75) is 55.4 Å². The van der Waals surface area contributed by atoms with Crippen LogP contribution < -0.4 is 5.32 Å². The Morgan fingerprint density at radius 3 is 3.00 bits per heavy atom. The second-order valence-electron chi connectivity index (χ2n) is 4.98. The second kappa shape index (κ2) is 7.17. The lowest BCUT2D eigenvalue weighted by Gasteiger charge is -2.14. The SMILES string of the molecule is CCCNCc1cccc(SC2CCCC2O)c1. The Kier molecular flexibility index (Phi) is 5.54. The van der Waals surface area contributed by atoms with Crippen LogP contribution in [0.15, 0.2) is 29.2 Å². The van der Waals surface area contributed by atoms with E-state index < -0.39 is 0 Å². The smallest absolute Gasteiger partial charge is 0.0662 e. The summed E-state index contributed by atoms with van der Waals surface area (Å²) in [6.45, 7) is 4.19. The van der Waals surface area contributed by atoms with E-state index in [-0.39, 0.29) is 6.10 Å². The van der Waals surface area contributed by atoms with Crippen molar-refractivity contribution in [3.05, 3.63) is 29.8 Å². The van der Waals surface area contributed by atoms with Crippen molar-refractivity contribution in [2.75, 3.05) is 6.54 Å². The van der Waals surface area contributed by atoms with Gasteiger partial charge in [0.25, 0.3) is 0 Å². The molecule has 0 saturated heterocycles. The first-order chi connectivity index (χ1) is 8.79. The van der Waals surface area contributed by atoms with Crippen molar-refractivity contribution < 1.29 is 5.11 Å². The molecule has 1 aliphatic rings. The summed E-state index contributed by atoms with van der Waals surface area (Å²) >= 11 is 1.83. The van der Waals surface area contributed by atoms with Gasteiger partial charge in [0.2, 0.25) is 0 Å². The van der Waals surface area contributed by atoms with Gasteiger partial charge in [-0.15, -0.1) is 11.8 Å². The van der Waals surface area contributed by atoms with Gasteiger partial charge in [0.05, 0.1) is 6.10 Å². The van der Waals surface area contributed by atoms with Crippen LogP contribution in [0, 0.1) is 0 Å². The largest absolute Gasteiger partial charge is 0.392 e. The molecule has 1 aromatic rings. The van der Waals surface area contributed by atoms with Gasteiger partial charge in [0.15, 0.2) is 0 Å². The fraction of sp³-hybridized carbons (Fsp3) is 0.600. The van der Waals surface area contributed by atoms with Crippen LogP contribution >= 0.6 is 11.8 Å². The lowest BCUT2D eigenvalue weighted by atomic mass is 10.2. The third-order valence-corrected chi connectivity index (χ3v) is 4.74. The zero-order valence-corrected chi connectivity index (χ0v) is 11.9. The summed E-state index contributed by atoms with van der Waals surface area (Å²) in [6.07, 6.45) is 4.33. The molecule has 1 aromatic carbocycles. The van der Waals surface area contributed by atoms with E-state index in [1.165, 1.54) is 16.9 Å². The average molecular weight is 265 g/mol. The maximum Gasteiger partial charge on any atom is 0.0662 e. The molecule has 2 unspecified atom stereocenters. The average Bonchev–Trinajstić information content (AvgIpc) is 2.76. The molecule has 0 radical (unpaired) electrons. The third-order valence-electron chi connectivity index (χ3n) is 3.36. The first-order valence-corrected chi connectivity index (χ1v) is 7.82. The van der Waals surface area contributed by atoms with Crippen LogP contribution in [-0.2, 0) is 6.54 Å². The Hall–Kier alpha value is -0.510. The summed E-state index contributed by atoms with van der Waals surface area (Å²) in [5, 5.41) is 13.7. The van der Waals surface area contributed by atoms with Crippen LogP contribution in [0.5, 0.6) is 0 Å². The van der Waals surface area contributed by atoms with Crippen molar-refractivity contribution in [1.82, 2.24) is 5.32 Å². The molecule has 0 aromatic heterocycles. The van der Waals surface area contributed by atoms with E-state index in [1.54, 1.807) is 0 Å². The van der Waals surface area contributed by atoms with E-state index in [2.05, 4.69) is 36.5 Å². The molecule has 100 valence electrons. The molecule has 18 heavy (non-hydrogen) atoms. The molecule has 1 aliphatic carbocycles. The molecule has 0 bridgehead atoms. The molecule has 2 N–H and O–H groups in total. The zero-order valence-electron chi connectivity index (χ0n) is 11.1. The molecule has 2 rings (SSSR count). The van der Waals surface area contributed by atoms with Crippen LogP contribution in [0.4, 0.5) is 0 Å². The Morgan fingerprint density at radius 1 is 1.39 bits per heavy atom. The molecule has 0 amide bonds. The topological polar surface area (TPSA) is 32.3 Å². The Balaban J connectivity index is 1.90. The van der Waals surface area contributed by atoms with E-state index in [9.17, 15) is 5.11 Å². The van der Waals surface area contributed by atoms with Crippen LogP contribution in [0.3, 0.4) is 0 Å². The van der Waals surface area contributed by atoms with Gasteiger partial charge in [-0.25, -0.2) is 0 Å². The minimum absolute atomic E-state index is 0.114. The monoisotopic (exact) mass is 265 g/mol. The molecule has 2 nitrogen and oxygen atoms in total. The highest BCUT2D eigenvalue weighted by Gasteiger charge is 2.25. The van der Waals surface area contributed by atoms with Crippen molar-refractivity contribution >= 4 is 11.8 Å². The van der Waals surface area contributed by atoms with Crippen LogP contribution in [0.1, 0.15) is 38.2 Å². The lowest BCUT2D eigenvalue weighted by molar-refractivity contribution is 0.188. The number of hydrogen-bond acceptors (Lipinski definition) is 3. The molecule has 1 fully saturated rings. The van der Waals surface area contributed by atoms with E-state index in [0.717, 1.165) is 32.4 Å². The molecule has 0 heterocycles. The summed E-state index contributed by atoms with van der Waals surface area (Å²) in [7, 11) is 0. The molecule has 3 heteroatoms. The molecular weight excluding hydrogens is 242 g/mol. The summed E-state index contributed by atoms with van der Waals surface area (Å²) in [5.74, 6) is 0. The van der Waals surface area contributed by atoms with E-state index in [1.807, 2.05) is 11.8 Å². The minimum Gasteiger partial charge on any atom is -0.392 e. The maximum atomic E-state index is 9.86. The number of hydrogen-bond donors (Lipinski definition) is 2. The van der Waals surface area contributed by atoms with Gasteiger partial charge >= 0.3 is 0 Å². The number of aliphatic hydroxyl groups is 1. The first-order valence-electron chi connectivity index (χ1n) is 6.94. The molecule has 2 atom stereocenters. The normalized spacial score (nSPS) is 23.4. The highest BCUT2D eigenvalue weighted by molar-refractivity contribution is 8.00. The summed E-state index contributed by atoms with van der Waals surface area (Å²) in [6, 6.07) is 8.68. The standard InChI is InChI=1S/C15H23NOS/c1-2-9-16-11-12-5-3-6-13(10-12)18-15-8-4-7-14(15)17/h3,5-6,10,14-17H,2,4,7-9,11H2,1H3. The van der Waals surface area contributed by atoms with Crippen LogP contribution in [0.25, 0.3) is 0 Å². The number of aliphatic hydroxyl groups excluding tert-OH is 1. The molecule has 1 saturated carbocycles. The highest BCUT2D eigenvalue weighted by atomic mass is 32.2. The van der Waals surface area contributed by atoms with Crippen LogP contribution in [0.2, 0.25) is 0 Å². The van der Waals surface area contributed by atoms with Gasteiger partial charge in [-0.2, -0.15) is 0 Å². The van der Waals surface area contributed by atoms with E-state index in [4.69, 9.17) is 0 Å². The van der Waals surface area contributed by atoms with Crippen molar-refractivity contribution in [3.63, 3.8) is 0 Å². The minimum atomic E-state index is -0.114. The molecule has 0 spiro atoms. The Morgan fingerprint density at radius 2 is 2.28 bits per heavy atom. The predicted octanol–water partition coefficient (Wildman–Crippen LogP) is 3.19. The van der Waals surface area contributed by atoms with Crippen LogP contribution in [-0.4, -0.2) is 23.0 Å². The number of thioether (sulfide) groups is 1. The Bertz CT molecular complexity index is 369. The van der Waals surface area contributed by atoms with Gasteiger partial charge in [-0.1, -0.05) is 19.1 Å². The lowest BCUT2D eigenvalue weighted by Crippen LogP contribution is -2.15. The van der Waals surface area contributed by atoms with Gasteiger partial charge in [-0.3, -0.25) is 0 Å². The maximum absolute atomic E-state index is 9.86. The quantitative estimate of drug-likeness (QED) is 0.775. The van der Waals surface area contributed by atoms with Gasteiger partial charge < -0.3 is 10.4 Å². The third kappa shape index (κ3) is 4.01. The van der Waals surface area contributed by atoms with Crippen molar-refractivity contribution in [3.8, 4) is 0 Å². The Labute approximate surface area is 114 Å². The van der Waals surface area contributed by atoms with Crippen molar-refractivity contribution in [2.24, 2.45) is 0 Å². The first kappa shape index (κ1) is 13.9. The fourth-order valence-electron chi connectivity index (χ4n) is 2.36. The van der Waals surface area contributed by atoms with Gasteiger partial charge in [0, 0.05) is 16.7 Å². The number of nitrogens with one attached hydrogen (secondary N) is 1. The summed E-state index contributed by atoms with van der Waals surface area (Å²) in [4.78, 5) is 1.29. The predicted molar refractivity (Wildman–Crippen MR) is 77.9 cm³/mol. The van der Waals surface area contributed by atoms with Gasteiger partial charge in [-0.05, 0) is 49.9 Å². The summed E-state index contributed by atoms with van der Waals surface area (Å²) in [5.41, 5.74) is 1.33. The van der Waals surface area contributed by atoms with Gasteiger partial charge in [0.1, 0.15) is 0 Å². The molecule has 0 aliphatic heterocycles. The fourth-order valence-corrected chi connectivity index (χ4v) is 3.66. The zero-order chi connectivity index (χ0) is 12.8. The molecular formula is C15H23NOS. The second-order valence-corrected chi connectivity index (χ2v) is 6.29. The summed E-state index contributed by atoms with van der Waals surface area (Å²) < 4.78 is 0. The van der Waals surface area contributed by atoms with E-state index in [0.29, 0.717) is 5.25 Å². The highest BCUT2D eigenvalue weighted by Crippen LogP contribution is 2.35. The number of rotatable bonds is 6.